The van der Waals surface area contributed by atoms with Crippen molar-refractivity contribution in [3.8, 4) is 0 Å². The van der Waals surface area contributed by atoms with Crippen LogP contribution < -0.4 is 16.6 Å². The highest BCUT2D eigenvalue weighted by Crippen LogP contribution is 2.26. The Morgan fingerprint density at radius 3 is 2.15 bits per heavy atom. The summed E-state index contributed by atoms with van der Waals surface area (Å²) in [4.78, 5) is 8.72. The molecule has 0 aliphatic heterocycles. The Kier molecular flexibility index (Phi) is 4.65. The molecule has 0 saturated heterocycles. The predicted molar refractivity (Wildman–Crippen MR) is 83.7 cm³/mol. The van der Waals surface area contributed by atoms with Gasteiger partial charge in [0.1, 0.15) is 17.5 Å². The van der Waals surface area contributed by atoms with Crippen LogP contribution in [0.1, 0.15) is 25.6 Å². The number of nitrogens with one attached hydrogen (secondary N) is 2. The topological polar surface area (TPSA) is 75.9 Å². The van der Waals surface area contributed by atoms with E-state index < -0.39 is 0 Å². The third-order valence-corrected chi connectivity index (χ3v) is 2.98. The van der Waals surface area contributed by atoms with Crippen molar-refractivity contribution in [2.75, 3.05) is 10.7 Å². The molecule has 5 nitrogen and oxygen atoms in total. The molecule has 1 aromatic carbocycles. The second kappa shape index (κ2) is 6.26. The van der Waals surface area contributed by atoms with E-state index in [9.17, 15) is 0 Å². The van der Waals surface area contributed by atoms with Crippen molar-refractivity contribution in [1.82, 2.24) is 9.97 Å². The predicted octanol–water partition coefficient (Wildman–Crippen LogP) is 3.94. The lowest BCUT2D eigenvalue weighted by Crippen LogP contribution is -2.12. The second-order valence-corrected chi connectivity index (χ2v) is 5.45. The molecular formula is C13H15Cl2N5. The van der Waals surface area contributed by atoms with Gasteiger partial charge in [-0.3, -0.25) is 0 Å². The monoisotopic (exact) mass is 311 g/mol. The molecule has 0 fully saturated rings. The van der Waals surface area contributed by atoms with E-state index in [0.29, 0.717) is 27.5 Å². The number of rotatable bonds is 4. The van der Waals surface area contributed by atoms with Gasteiger partial charge in [-0.2, -0.15) is 0 Å². The molecule has 0 aliphatic carbocycles. The first-order chi connectivity index (χ1) is 9.47. The molecule has 0 spiro atoms. The van der Waals surface area contributed by atoms with Gasteiger partial charge in [-0.25, -0.2) is 15.8 Å². The van der Waals surface area contributed by atoms with Gasteiger partial charge in [0.05, 0.1) is 0 Å². The molecule has 20 heavy (non-hydrogen) atoms. The fraction of sp³-hybridized carbons (Fsp3) is 0.231. The molecule has 0 saturated carbocycles. The largest absolute Gasteiger partial charge is 0.340 e. The third-order valence-electron chi connectivity index (χ3n) is 2.54. The average Bonchev–Trinajstić information content (AvgIpc) is 2.36. The summed E-state index contributed by atoms with van der Waals surface area (Å²) >= 11 is 11.9. The average molecular weight is 312 g/mol. The summed E-state index contributed by atoms with van der Waals surface area (Å²) in [5.41, 5.74) is 3.28. The van der Waals surface area contributed by atoms with E-state index in [1.54, 1.807) is 24.3 Å². The number of nitrogens with two attached hydrogens (primary N) is 1. The molecule has 1 aromatic heterocycles. The van der Waals surface area contributed by atoms with Gasteiger partial charge < -0.3 is 10.7 Å². The summed E-state index contributed by atoms with van der Waals surface area (Å²) in [6.07, 6.45) is 0. The smallest absolute Gasteiger partial charge is 0.145 e. The number of benzene rings is 1. The first-order valence-corrected chi connectivity index (χ1v) is 6.82. The van der Waals surface area contributed by atoms with Gasteiger partial charge in [0, 0.05) is 27.7 Å². The van der Waals surface area contributed by atoms with Gasteiger partial charge in [0.15, 0.2) is 0 Å². The van der Waals surface area contributed by atoms with Crippen molar-refractivity contribution in [3.05, 3.63) is 40.1 Å². The first kappa shape index (κ1) is 14.8. The van der Waals surface area contributed by atoms with Crippen molar-refractivity contribution in [1.29, 1.82) is 0 Å². The summed E-state index contributed by atoms with van der Waals surface area (Å²) in [6.45, 7) is 4.02. The van der Waals surface area contributed by atoms with Crippen LogP contribution in [0.3, 0.4) is 0 Å². The molecule has 0 amide bonds. The standard InChI is InChI=1S/C13H15Cl2N5/c1-7(2)13-18-11(6-12(19-13)20-16)17-10-4-8(14)3-9(15)5-10/h3-7H,16H2,1-2H3,(H2,17,18,19,20). The fourth-order valence-electron chi connectivity index (χ4n) is 1.64. The maximum Gasteiger partial charge on any atom is 0.145 e. The molecule has 0 radical (unpaired) electrons. The molecule has 106 valence electrons. The third kappa shape index (κ3) is 3.72. The van der Waals surface area contributed by atoms with E-state index in [0.717, 1.165) is 5.69 Å². The van der Waals surface area contributed by atoms with Crippen molar-refractivity contribution in [2.24, 2.45) is 5.84 Å². The molecule has 2 aromatic rings. The Bertz CT molecular complexity index is 595. The Labute approximate surface area is 127 Å². The minimum Gasteiger partial charge on any atom is -0.340 e. The number of hydrogen-bond acceptors (Lipinski definition) is 5. The van der Waals surface area contributed by atoms with Gasteiger partial charge in [-0.1, -0.05) is 37.0 Å². The van der Waals surface area contributed by atoms with E-state index >= 15 is 0 Å². The summed E-state index contributed by atoms with van der Waals surface area (Å²) in [5, 5.41) is 4.24. The SMILES string of the molecule is CC(C)c1nc(NN)cc(Nc2cc(Cl)cc(Cl)c2)n1. The number of nitrogen functional groups attached to an aromatic ring is 1. The van der Waals surface area contributed by atoms with Crippen molar-refractivity contribution in [2.45, 2.75) is 19.8 Å². The number of hydrazine groups is 1. The number of hydrogen-bond donors (Lipinski definition) is 3. The van der Waals surface area contributed by atoms with Crippen LogP contribution in [-0.2, 0) is 0 Å². The zero-order chi connectivity index (χ0) is 14.7. The van der Waals surface area contributed by atoms with Gasteiger partial charge in [0.2, 0.25) is 0 Å². The molecule has 0 aliphatic rings. The fourth-order valence-corrected chi connectivity index (χ4v) is 2.16. The molecule has 4 N–H and O–H groups in total. The van der Waals surface area contributed by atoms with E-state index in [1.165, 1.54) is 0 Å². The highest BCUT2D eigenvalue weighted by Gasteiger charge is 2.08. The number of anilines is 3. The first-order valence-electron chi connectivity index (χ1n) is 6.06. The van der Waals surface area contributed by atoms with E-state index in [2.05, 4.69) is 20.7 Å². The van der Waals surface area contributed by atoms with Crippen LogP contribution in [0.5, 0.6) is 0 Å². The lowest BCUT2D eigenvalue weighted by Gasteiger charge is -2.11. The molecule has 0 unspecified atom stereocenters. The molecule has 2 rings (SSSR count). The van der Waals surface area contributed by atoms with Crippen molar-refractivity contribution >= 4 is 40.5 Å². The number of aromatic nitrogens is 2. The number of nitrogens with zero attached hydrogens (tertiary/aromatic N) is 2. The van der Waals surface area contributed by atoms with Gasteiger partial charge >= 0.3 is 0 Å². The van der Waals surface area contributed by atoms with Gasteiger partial charge in [-0.05, 0) is 18.2 Å². The Morgan fingerprint density at radius 2 is 1.60 bits per heavy atom. The van der Waals surface area contributed by atoms with Crippen LogP contribution in [0.4, 0.5) is 17.3 Å². The van der Waals surface area contributed by atoms with Crippen LogP contribution in [0, 0.1) is 0 Å². The quantitative estimate of drug-likeness (QED) is 0.589. The van der Waals surface area contributed by atoms with Crippen LogP contribution in [0.2, 0.25) is 10.0 Å². The molecular weight excluding hydrogens is 297 g/mol. The Morgan fingerprint density at radius 1 is 1.00 bits per heavy atom. The summed E-state index contributed by atoms with van der Waals surface area (Å²) < 4.78 is 0. The molecule has 1 heterocycles. The van der Waals surface area contributed by atoms with E-state index in [1.807, 2.05) is 13.8 Å². The minimum atomic E-state index is 0.187. The van der Waals surface area contributed by atoms with Crippen LogP contribution in [0.25, 0.3) is 0 Å². The number of halogens is 2. The van der Waals surface area contributed by atoms with Crippen molar-refractivity contribution in [3.63, 3.8) is 0 Å². The zero-order valence-electron chi connectivity index (χ0n) is 11.1. The van der Waals surface area contributed by atoms with E-state index in [4.69, 9.17) is 29.0 Å². The van der Waals surface area contributed by atoms with E-state index in [-0.39, 0.29) is 5.92 Å². The maximum absolute atomic E-state index is 5.97. The lowest BCUT2D eigenvalue weighted by molar-refractivity contribution is 0.777. The summed E-state index contributed by atoms with van der Waals surface area (Å²) in [7, 11) is 0. The van der Waals surface area contributed by atoms with Gasteiger partial charge in [0.25, 0.3) is 0 Å². The highest BCUT2D eigenvalue weighted by molar-refractivity contribution is 6.35. The highest BCUT2D eigenvalue weighted by atomic mass is 35.5. The van der Waals surface area contributed by atoms with Gasteiger partial charge in [-0.15, -0.1) is 0 Å². The molecule has 7 heteroatoms. The summed E-state index contributed by atoms with van der Waals surface area (Å²) in [6, 6.07) is 6.90. The molecule has 0 atom stereocenters. The summed E-state index contributed by atoms with van der Waals surface area (Å²) in [5.74, 6) is 7.46. The Hall–Kier alpha value is -1.56. The second-order valence-electron chi connectivity index (χ2n) is 4.58. The lowest BCUT2D eigenvalue weighted by atomic mass is 10.2. The minimum absolute atomic E-state index is 0.187. The van der Waals surface area contributed by atoms with Crippen LogP contribution in [-0.4, -0.2) is 9.97 Å². The normalized spacial score (nSPS) is 10.7. The molecule has 0 bridgehead atoms. The Balaban J connectivity index is 2.34. The maximum atomic E-state index is 5.97. The van der Waals surface area contributed by atoms with Crippen molar-refractivity contribution < 1.29 is 0 Å². The zero-order valence-corrected chi connectivity index (χ0v) is 12.6. The van der Waals surface area contributed by atoms with Crippen LogP contribution >= 0.6 is 23.2 Å². The van der Waals surface area contributed by atoms with Crippen LogP contribution in [0.15, 0.2) is 24.3 Å².